The van der Waals surface area contributed by atoms with Crippen LogP contribution in [0.4, 0.5) is 0 Å². The van der Waals surface area contributed by atoms with Gasteiger partial charge in [-0.25, -0.2) is 0 Å². The third-order valence-corrected chi connectivity index (χ3v) is 2.88. The molecule has 1 nitrogen and oxygen atoms in total. The van der Waals surface area contributed by atoms with Crippen LogP contribution >= 0.6 is 12.6 Å². The van der Waals surface area contributed by atoms with Crippen LogP contribution in [-0.2, 0) is 4.74 Å². The minimum atomic E-state index is 0.655. The fraction of sp³-hybridized carbons (Fsp3) is 1.00. The highest BCUT2D eigenvalue weighted by molar-refractivity contribution is 7.81. The Kier molecular flexibility index (Phi) is 1.05. The van der Waals surface area contributed by atoms with Gasteiger partial charge in [-0.15, -0.1) is 0 Å². The van der Waals surface area contributed by atoms with Crippen molar-refractivity contribution in [2.24, 2.45) is 11.8 Å². The number of ether oxygens (including phenoxy) is 1. The molecule has 0 bridgehead atoms. The normalized spacial score (nSPS) is 52.9. The lowest BCUT2D eigenvalue weighted by atomic mass is 9.76. The molecule has 46 valence electrons. The number of rotatable bonds is 0. The summed E-state index contributed by atoms with van der Waals surface area (Å²) in [6.07, 6.45) is 1.29. The molecule has 1 heterocycles. The molecule has 1 aliphatic carbocycles. The van der Waals surface area contributed by atoms with Crippen LogP contribution in [0, 0.1) is 11.8 Å². The van der Waals surface area contributed by atoms with E-state index in [1.165, 1.54) is 6.42 Å². The van der Waals surface area contributed by atoms with Crippen molar-refractivity contribution < 1.29 is 4.74 Å². The monoisotopic (exact) mass is 130 g/mol. The van der Waals surface area contributed by atoms with Crippen LogP contribution in [0.25, 0.3) is 0 Å². The van der Waals surface area contributed by atoms with E-state index in [-0.39, 0.29) is 0 Å². The van der Waals surface area contributed by atoms with Crippen molar-refractivity contribution in [2.75, 3.05) is 13.2 Å². The highest BCUT2D eigenvalue weighted by atomic mass is 32.1. The lowest BCUT2D eigenvalue weighted by Crippen LogP contribution is -2.36. The third-order valence-electron chi connectivity index (χ3n) is 2.29. The zero-order chi connectivity index (χ0) is 5.56. The average Bonchev–Trinajstić information content (AvgIpc) is 2.09. The van der Waals surface area contributed by atoms with Gasteiger partial charge in [0.1, 0.15) is 0 Å². The van der Waals surface area contributed by atoms with Crippen LogP contribution in [0.3, 0.4) is 0 Å². The SMILES string of the molecule is SC1CC2COCC12. The molecular weight excluding hydrogens is 120 g/mol. The summed E-state index contributed by atoms with van der Waals surface area (Å²) in [6, 6.07) is 0. The summed E-state index contributed by atoms with van der Waals surface area (Å²) in [6.45, 7) is 1.97. The van der Waals surface area contributed by atoms with Crippen LogP contribution in [0.1, 0.15) is 6.42 Å². The Hall–Kier alpha value is 0.310. The number of hydrogen-bond acceptors (Lipinski definition) is 2. The first-order valence-electron chi connectivity index (χ1n) is 3.14. The Balaban J connectivity index is 2.02. The molecule has 0 amide bonds. The molecule has 0 N–H and O–H groups in total. The van der Waals surface area contributed by atoms with Crippen molar-refractivity contribution in [1.29, 1.82) is 0 Å². The third kappa shape index (κ3) is 0.531. The first-order valence-corrected chi connectivity index (χ1v) is 3.65. The fourth-order valence-electron chi connectivity index (χ4n) is 1.57. The molecule has 0 spiro atoms. The van der Waals surface area contributed by atoms with Gasteiger partial charge in [-0.2, -0.15) is 12.6 Å². The fourth-order valence-corrected chi connectivity index (χ4v) is 2.17. The smallest absolute Gasteiger partial charge is 0.0508 e. The maximum atomic E-state index is 5.25. The van der Waals surface area contributed by atoms with E-state index in [9.17, 15) is 0 Å². The van der Waals surface area contributed by atoms with Gasteiger partial charge in [0.15, 0.2) is 0 Å². The number of hydrogen-bond donors (Lipinski definition) is 1. The van der Waals surface area contributed by atoms with Gasteiger partial charge in [0.05, 0.1) is 6.61 Å². The Morgan fingerprint density at radius 1 is 1.38 bits per heavy atom. The van der Waals surface area contributed by atoms with Gasteiger partial charge >= 0.3 is 0 Å². The lowest BCUT2D eigenvalue weighted by Gasteiger charge is -2.34. The summed E-state index contributed by atoms with van der Waals surface area (Å²) < 4.78 is 5.25. The molecule has 2 heteroatoms. The molecule has 2 rings (SSSR count). The second kappa shape index (κ2) is 1.64. The van der Waals surface area contributed by atoms with Crippen molar-refractivity contribution in [3.63, 3.8) is 0 Å². The van der Waals surface area contributed by atoms with E-state index in [0.29, 0.717) is 5.25 Å². The molecule has 0 aromatic carbocycles. The second-order valence-electron chi connectivity index (χ2n) is 2.76. The Bertz CT molecular complexity index is 105. The Morgan fingerprint density at radius 2 is 2.25 bits per heavy atom. The van der Waals surface area contributed by atoms with Crippen LogP contribution in [0.5, 0.6) is 0 Å². The van der Waals surface area contributed by atoms with E-state index < -0.39 is 0 Å². The number of thiol groups is 1. The summed E-state index contributed by atoms with van der Waals surface area (Å²) in [5.41, 5.74) is 0. The van der Waals surface area contributed by atoms with Gasteiger partial charge in [0.2, 0.25) is 0 Å². The molecule has 2 aliphatic rings. The summed E-state index contributed by atoms with van der Waals surface area (Å²) in [4.78, 5) is 0. The van der Waals surface area contributed by atoms with E-state index >= 15 is 0 Å². The predicted octanol–water partition coefficient (Wildman–Crippen LogP) is 0.951. The largest absolute Gasteiger partial charge is 0.381 e. The van der Waals surface area contributed by atoms with E-state index in [4.69, 9.17) is 4.74 Å². The van der Waals surface area contributed by atoms with E-state index in [1.807, 2.05) is 0 Å². The van der Waals surface area contributed by atoms with E-state index in [0.717, 1.165) is 25.0 Å². The molecule has 0 aromatic rings. The lowest BCUT2D eigenvalue weighted by molar-refractivity contribution is 0.187. The van der Waals surface area contributed by atoms with E-state index in [1.54, 1.807) is 0 Å². The minimum Gasteiger partial charge on any atom is -0.381 e. The highest BCUT2D eigenvalue weighted by Gasteiger charge is 2.42. The molecule has 2 fully saturated rings. The van der Waals surface area contributed by atoms with Gasteiger partial charge in [-0.1, -0.05) is 0 Å². The minimum absolute atomic E-state index is 0.655. The molecule has 1 saturated heterocycles. The summed E-state index contributed by atoms with van der Waals surface area (Å²) >= 11 is 4.38. The molecule has 1 aliphatic heterocycles. The average molecular weight is 130 g/mol. The molecule has 1 saturated carbocycles. The molecule has 8 heavy (non-hydrogen) atoms. The van der Waals surface area contributed by atoms with Crippen molar-refractivity contribution in [2.45, 2.75) is 11.7 Å². The first-order chi connectivity index (χ1) is 3.88. The summed E-state index contributed by atoms with van der Waals surface area (Å²) in [5.74, 6) is 1.68. The standard InChI is InChI=1S/C6H10OS/c8-6-1-4-2-7-3-5(4)6/h4-6,8H,1-3H2. The van der Waals surface area contributed by atoms with E-state index in [2.05, 4.69) is 12.6 Å². The molecule has 0 aromatic heterocycles. The zero-order valence-corrected chi connectivity index (χ0v) is 5.60. The van der Waals surface area contributed by atoms with Crippen molar-refractivity contribution in [3.05, 3.63) is 0 Å². The van der Waals surface area contributed by atoms with Crippen molar-refractivity contribution in [3.8, 4) is 0 Å². The Morgan fingerprint density at radius 3 is 2.75 bits per heavy atom. The summed E-state index contributed by atoms with van der Waals surface area (Å²) in [7, 11) is 0. The van der Waals surface area contributed by atoms with Crippen molar-refractivity contribution >= 4 is 12.6 Å². The van der Waals surface area contributed by atoms with Crippen LogP contribution in [-0.4, -0.2) is 18.5 Å². The van der Waals surface area contributed by atoms with Gasteiger partial charge in [-0.05, 0) is 18.3 Å². The zero-order valence-electron chi connectivity index (χ0n) is 4.71. The predicted molar refractivity (Wildman–Crippen MR) is 35.2 cm³/mol. The second-order valence-corrected chi connectivity index (χ2v) is 3.43. The maximum Gasteiger partial charge on any atom is 0.0508 e. The van der Waals surface area contributed by atoms with Gasteiger partial charge in [-0.3, -0.25) is 0 Å². The van der Waals surface area contributed by atoms with Gasteiger partial charge < -0.3 is 4.74 Å². The molecule has 3 atom stereocenters. The topological polar surface area (TPSA) is 9.23 Å². The molecular formula is C6H10OS. The molecule has 0 radical (unpaired) electrons. The van der Waals surface area contributed by atoms with Gasteiger partial charge in [0, 0.05) is 11.9 Å². The first kappa shape index (κ1) is 5.12. The maximum absolute atomic E-state index is 5.25. The highest BCUT2D eigenvalue weighted by Crippen LogP contribution is 2.42. The van der Waals surface area contributed by atoms with Crippen LogP contribution in [0.2, 0.25) is 0 Å². The van der Waals surface area contributed by atoms with Crippen molar-refractivity contribution in [1.82, 2.24) is 0 Å². The van der Waals surface area contributed by atoms with Gasteiger partial charge in [0.25, 0.3) is 0 Å². The summed E-state index contributed by atoms with van der Waals surface area (Å²) in [5, 5.41) is 0.655. The Labute approximate surface area is 54.8 Å². The van der Waals surface area contributed by atoms with Crippen LogP contribution < -0.4 is 0 Å². The number of fused-ring (bicyclic) bond motifs is 1. The molecule has 3 unspecified atom stereocenters. The quantitative estimate of drug-likeness (QED) is 0.480. The van der Waals surface area contributed by atoms with Crippen LogP contribution in [0.15, 0.2) is 0 Å².